The van der Waals surface area contributed by atoms with Crippen LogP contribution in [0.3, 0.4) is 0 Å². The molecule has 7 heteroatoms. The van der Waals surface area contributed by atoms with Crippen molar-refractivity contribution in [2.75, 3.05) is 12.4 Å². The van der Waals surface area contributed by atoms with Crippen LogP contribution in [0.15, 0.2) is 24.3 Å². The van der Waals surface area contributed by atoms with Gasteiger partial charge in [-0.3, -0.25) is 9.59 Å². The summed E-state index contributed by atoms with van der Waals surface area (Å²) in [5, 5.41) is 13.1. The molecule has 1 amide bonds. The molecule has 2 unspecified atom stereocenters. The van der Waals surface area contributed by atoms with Gasteiger partial charge in [0.2, 0.25) is 5.91 Å². The lowest BCUT2D eigenvalue weighted by Crippen LogP contribution is -2.23. The van der Waals surface area contributed by atoms with Crippen molar-refractivity contribution in [3.8, 4) is 11.8 Å². The van der Waals surface area contributed by atoms with Gasteiger partial charge in [-0.15, -0.1) is 11.3 Å². The molecular weight excluding hydrogens is 388 g/mol. The lowest BCUT2D eigenvalue weighted by atomic mass is 9.93. The van der Waals surface area contributed by atoms with Crippen molar-refractivity contribution in [2.24, 2.45) is 0 Å². The van der Waals surface area contributed by atoms with E-state index in [0.717, 1.165) is 21.8 Å². The molecule has 0 radical (unpaired) electrons. The number of nitrogens with one attached hydrogen (secondary N) is 1. The second-order valence-corrected chi connectivity index (χ2v) is 8.33. The van der Waals surface area contributed by atoms with Crippen LogP contribution in [-0.2, 0) is 27.2 Å². The summed E-state index contributed by atoms with van der Waals surface area (Å²) in [7, 11) is 1.62. The van der Waals surface area contributed by atoms with E-state index in [1.54, 1.807) is 7.11 Å². The quantitative estimate of drug-likeness (QED) is 0.719. The smallest absolute Gasteiger partial charge is 0.302 e. The number of rotatable bonds is 6. The molecule has 0 aliphatic heterocycles. The van der Waals surface area contributed by atoms with Crippen LogP contribution >= 0.6 is 11.3 Å². The maximum Gasteiger partial charge on any atom is 0.302 e. The number of carbonyl (C=O) groups excluding carboxylic acids is 2. The second kappa shape index (κ2) is 9.10. The largest absolute Gasteiger partial charge is 0.497 e. The summed E-state index contributed by atoms with van der Waals surface area (Å²) in [6, 6.07) is 9.91. The van der Waals surface area contributed by atoms with E-state index in [0.29, 0.717) is 36.2 Å². The van der Waals surface area contributed by atoms with Gasteiger partial charge in [-0.2, -0.15) is 5.26 Å². The van der Waals surface area contributed by atoms with Crippen LogP contribution in [0.2, 0.25) is 0 Å². The molecule has 152 valence electrons. The number of methoxy groups -OCH3 is 1. The maximum atomic E-state index is 12.6. The molecule has 0 spiro atoms. The van der Waals surface area contributed by atoms with Crippen LogP contribution in [-0.4, -0.2) is 25.1 Å². The highest BCUT2D eigenvalue weighted by atomic mass is 32.1. The zero-order chi connectivity index (χ0) is 21.0. The van der Waals surface area contributed by atoms with E-state index in [1.807, 2.05) is 31.2 Å². The number of ether oxygens (including phenoxy) is 2. The Hall–Kier alpha value is -2.85. The zero-order valence-electron chi connectivity index (χ0n) is 16.8. The summed E-state index contributed by atoms with van der Waals surface area (Å²) in [6.45, 7) is 3.39. The van der Waals surface area contributed by atoms with Crippen molar-refractivity contribution in [3.63, 3.8) is 0 Å². The average Bonchev–Trinajstić information content (AvgIpc) is 3.03. The van der Waals surface area contributed by atoms with Crippen molar-refractivity contribution in [3.05, 3.63) is 45.8 Å². The van der Waals surface area contributed by atoms with Gasteiger partial charge >= 0.3 is 5.97 Å². The van der Waals surface area contributed by atoms with Crippen LogP contribution in [0, 0.1) is 11.3 Å². The minimum absolute atomic E-state index is 0.0126. The van der Waals surface area contributed by atoms with E-state index in [2.05, 4.69) is 11.4 Å². The lowest BCUT2D eigenvalue weighted by molar-refractivity contribution is -0.146. The standard InChI is InChI=1S/C22H24N2O4S/c1-13(15-5-4-6-16(10-15)27-3)9-21(26)24-22-19(12-23)18-8-7-17(28-14(2)25)11-20(18)29-22/h4-6,10,13,17H,7-9,11H2,1-3H3,(H,24,26). The van der Waals surface area contributed by atoms with Crippen molar-refractivity contribution < 1.29 is 19.1 Å². The number of anilines is 1. The summed E-state index contributed by atoms with van der Waals surface area (Å²) in [4.78, 5) is 24.9. The Bertz CT molecular complexity index is 960. The highest BCUT2D eigenvalue weighted by Gasteiger charge is 2.28. The molecular formula is C22H24N2O4S. The third kappa shape index (κ3) is 4.96. The average molecular weight is 413 g/mol. The van der Waals surface area contributed by atoms with Crippen molar-refractivity contribution >= 4 is 28.2 Å². The number of fused-ring (bicyclic) bond motifs is 1. The Morgan fingerprint density at radius 1 is 1.41 bits per heavy atom. The predicted molar refractivity (Wildman–Crippen MR) is 111 cm³/mol. The van der Waals surface area contributed by atoms with E-state index in [-0.39, 0.29) is 23.9 Å². The maximum absolute atomic E-state index is 12.6. The Labute approximate surface area is 174 Å². The van der Waals surface area contributed by atoms with E-state index in [1.165, 1.54) is 18.3 Å². The summed E-state index contributed by atoms with van der Waals surface area (Å²) < 4.78 is 10.6. The highest BCUT2D eigenvalue weighted by molar-refractivity contribution is 7.16. The van der Waals surface area contributed by atoms with Crippen LogP contribution in [0.4, 0.5) is 5.00 Å². The fourth-order valence-electron chi connectivity index (χ4n) is 3.62. The molecule has 1 heterocycles. The first kappa shape index (κ1) is 20.9. The van der Waals surface area contributed by atoms with Crippen LogP contribution < -0.4 is 10.1 Å². The van der Waals surface area contributed by atoms with Gasteiger partial charge in [0.15, 0.2) is 0 Å². The summed E-state index contributed by atoms with van der Waals surface area (Å²) in [5.41, 5.74) is 2.53. The zero-order valence-corrected chi connectivity index (χ0v) is 17.6. The van der Waals surface area contributed by atoms with Gasteiger partial charge in [-0.1, -0.05) is 19.1 Å². The molecule has 2 aromatic rings. The fourth-order valence-corrected chi connectivity index (χ4v) is 4.90. The van der Waals surface area contributed by atoms with E-state index in [9.17, 15) is 14.9 Å². The number of hydrogen-bond acceptors (Lipinski definition) is 6. The second-order valence-electron chi connectivity index (χ2n) is 7.22. The molecule has 1 aromatic carbocycles. The van der Waals surface area contributed by atoms with E-state index >= 15 is 0 Å². The topological polar surface area (TPSA) is 88.4 Å². The molecule has 3 rings (SSSR count). The molecule has 0 saturated heterocycles. The first-order chi connectivity index (χ1) is 13.9. The van der Waals surface area contributed by atoms with Crippen LogP contribution in [0.1, 0.15) is 54.2 Å². The number of nitriles is 1. The Morgan fingerprint density at radius 3 is 2.90 bits per heavy atom. The van der Waals surface area contributed by atoms with E-state index < -0.39 is 0 Å². The number of carbonyl (C=O) groups is 2. The molecule has 1 aromatic heterocycles. The SMILES string of the molecule is COc1cccc(C(C)CC(=O)Nc2sc3c(c2C#N)CCC(OC(C)=O)C3)c1. The summed E-state index contributed by atoms with van der Waals surface area (Å²) >= 11 is 1.41. The van der Waals surface area contributed by atoms with Crippen LogP contribution in [0.25, 0.3) is 0 Å². The molecule has 1 aliphatic rings. The molecule has 0 saturated carbocycles. The normalized spacial score (nSPS) is 16.3. The minimum atomic E-state index is -0.296. The van der Waals surface area contributed by atoms with Gasteiger partial charge < -0.3 is 14.8 Å². The number of esters is 1. The van der Waals surface area contributed by atoms with Gasteiger partial charge in [-0.05, 0) is 42.0 Å². The molecule has 29 heavy (non-hydrogen) atoms. The van der Waals surface area contributed by atoms with Gasteiger partial charge in [0.05, 0.1) is 12.7 Å². The molecule has 1 aliphatic carbocycles. The number of thiophene rings is 1. The first-order valence-electron chi connectivity index (χ1n) is 9.57. The number of benzene rings is 1. The number of hydrogen-bond donors (Lipinski definition) is 1. The predicted octanol–water partition coefficient (Wildman–Crippen LogP) is 4.18. The van der Waals surface area contributed by atoms with Crippen LogP contribution in [0.5, 0.6) is 5.75 Å². The number of nitrogens with zero attached hydrogens (tertiary/aromatic N) is 1. The third-order valence-electron chi connectivity index (χ3n) is 5.07. The summed E-state index contributed by atoms with van der Waals surface area (Å²) in [5.74, 6) is 0.343. The Balaban J connectivity index is 1.70. The summed E-state index contributed by atoms with van der Waals surface area (Å²) in [6.07, 6.45) is 2.09. The van der Waals surface area contributed by atoms with Crippen molar-refractivity contribution in [1.82, 2.24) is 0 Å². The monoisotopic (exact) mass is 412 g/mol. The van der Waals surface area contributed by atoms with Gasteiger partial charge in [-0.25, -0.2) is 0 Å². The fraction of sp³-hybridized carbons (Fsp3) is 0.409. The van der Waals surface area contributed by atoms with Gasteiger partial charge in [0, 0.05) is 24.6 Å². The first-order valence-corrected chi connectivity index (χ1v) is 10.4. The third-order valence-corrected chi connectivity index (χ3v) is 6.24. The Morgan fingerprint density at radius 2 is 2.21 bits per heavy atom. The highest BCUT2D eigenvalue weighted by Crippen LogP contribution is 2.38. The molecule has 1 N–H and O–H groups in total. The van der Waals surface area contributed by atoms with Gasteiger partial charge in [0.25, 0.3) is 0 Å². The van der Waals surface area contributed by atoms with Crippen molar-refractivity contribution in [2.45, 2.75) is 51.6 Å². The Kier molecular flexibility index (Phi) is 6.55. The van der Waals surface area contributed by atoms with E-state index in [4.69, 9.17) is 9.47 Å². The molecule has 6 nitrogen and oxygen atoms in total. The minimum Gasteiger partial charge on any atom is -0.497 e. The molecule has 0 fully saturated rings. The lowest BCUT2D eigenvalue weighted by Gasteiger charge is -2.21. The molecule has 2 atom stereocenters. The number of amides is 1. The van der Waals surface area contributed by atoms with Crippen molar-refractivity contribution in [1.29, 1.82) is 5.26 Å². The molecule has 0 bridgehead atoms. The van der Waals surface area contributed by atoms with Gasteiger partial charge in [0.1, 0.15) is 22.9 Å².